The van der Waals surface area contributed by atoms with Gasteiger partial charge in [0.15, 0.2) is 0 Å². The molecule has 0 aliphatic carbocycles. The number of rotatable bonds is 4. The second-order valence-electron chi connectivity index (χ2n) is 5.68. The molecular weight excluding hydrogens is 310 g/mol. The first-order chi connectivity index (χ1) is 11.2. The van der Waals surface area contributed by atoms with Crippen LogP contribution >= 0.6 is 11.3 Å². The third kappa shape index (κ3) is 3.52. The van der Waals surface area contributed by atoms with Gasteiger partial charge in [-0.1, -0.05) is 6.92 Å². The Kier molecular flexibility index (Phi) is 4.91. The molecule has 0 radical (unpaired) electrons. The number of methoxy groups -OCH3 is 1. The molecule has 0 atom stereocenters. The Balaban J connectivity index is 1.60. The van der Waals surface area contributed by atoms with Crippen molar-refractivity contribution >= 4 is 17.2 Å². The summed E-state index contributed by atoms with van der Waals surface area (Å²) in [6.45, 7) is 3.65. The van der Waals surface area contributed by atoms with Crippen LogP contribution in [0.5, 0.6) is 5.75 Å². The molecule has 1 fully saturated rings. The Labute approximate surface area is 140 Å². The molecule has 0 bridgehead atoms. The van der Waals surface area contributed by atoms with Gasteiger partial charge in [-0.25, -0.2) is 0 Å². The fourth-order valence-corrected chi connectivity index (χ4v) is 3.77. The Morgan fingerprint density at radius 2 is 1.96 bits per heavy atom. The Morgan fingerprint density at radius 1 is 1.26 bits per heavy atom. The largest absolute Gasteiger partial charge is 0.497 e. The lowest BCUT2D eigenvalue weighted by Crippen LogP contribution is -2.37. The summed E-state index contributed by atoms with van der Waals surface area (Å²) in [5.74, 6) is 1.30. The van der Waals surface area contributed by atoms with Gasteiger partial charge >= 0.3 is 0 Å². The first-order valence-electron chi connectivity index (χ1n) is 7.97. The smallest absolute Gasteiger partial charge is 0.253 e. The van der Waals surface area contributed by atoms with Gasteiger partial charge in [0.2, 0.25) is 0 Å². The van der Waals surface area contributed by atoms with Gasteiger partial charge in [0.05, 0.1) is 7.11 Å². The average molecular weight is 331 g/mol. The average Bonchev–Trinajstić information content (AvgIpc) is 3.10. The number of hydrogen-bond acceptors (Lipinski definition) is 5. The molecule has 3 rings (SSSR count). The van der Waals surface area contributed by atoms with E-state index in [-0.39, 0.29) is 5.91 Å². The molecule has 23 heavy (non-hydrogen) atoms. The number of aryl methyl sites for hydroxylation is 1. The van der Waals surface area contributed by atoms with E-state index >= 15 is 0 Å². The van der Waals surface area contributed by atoms with E-state index in [4.69, 9.17) is 4.74 Å². The van der Waals surface area contributed by atoms with E-state index in [1.54, 1.807) is 18.4 Å². The number of hydrogen-bond donors (Lipinski definition) is 0. The predicted molar refractivity (Wildman–Crippen MR) is 90.2 cm³/mol. The fourth-order valence-electron chi connectivity index (χ4n) is 2.82. The summed E-state index contributed by atoms with van der Waals surface area (Å²) in [5, 5.41) is 10.7. The van der Waals surface area contributed by atoms with Gasteiger partial charge < -0.3 is 9.64 Å². The minimum Gasteiger partial charge on any atom is -0.497 e. The topological polar surface area (TPSA) is 55.3 Å². The van der Waals surface area contributed by atoms with Crippen LogP contribution in [0.2, 0.25) is 0 Å². The lowest BCUT2D eigenvalue weighted by atomic mass is 9.97. The van der Waals surface area contributed by atoms with Crippen molar-refractivity contribution < 1.29 is 9.53 Å². The lowest BCUT2D eigenvalue weighted by Gasteiger charge is -2.31. The van der Waals surface area contributed by atoms with Gasteiger partial charge in [-0.05, 0) is 43.5 Å². The maximum absolute atomic E-state index is 12.6. The zero-order valence-corrected chi connectivity index (χ0v) is 14.3. The van der Waals surface area contributed by atoms with Crippen molar-refractivity contribution in [3.63, 3.8) is 0 Å². The van der Waals surface area contributed by atoms with Gasteiger partial charge in [-0.2, -0.15) is 0 Å². The molecule has 5 nitrogen and oxygen atoms in total. The molecule has 2 aromatic rings. The van der Waals surface area contributed by atoms with Crippen molar-refractivity contribution in [1.82, 2.24) is 15.1 Å². The predicted octanol–water partition coefficient (Wildman–Crippen LogP) is 3.13. The number of likely N-dealkylation sites (tertiary alicyclic amines) is 1. The van der Waals surface area contributed by atoms with Crippen LogP contribution in [0.25, 0.3) is 0 Å². The van der Waals surface area contributed by atoms with Crippen LogP contribution < -0.4 is 4.74 Å². The Bertz CT molecular complexity index is 661. The highest BCUT2D eigenvalue weighted by atomic mass is 32.1. The first kappa shape index (κ1) is 15.9. The highest BCUT2D eigenvalue weighted by Gasteiger charge is 2.26. The summed E-state index contributed by atoms with van der Waals surface area (Å²) in [6, 6.07) is 7.30. The maximum atomic E-state index is 12.6. The van der Waals surface area contributed by atoms with E-state index in [0.717, 1.165) is 48.1 Å². The fraction of sp³-hybridized carbons (Fsp3) is 0.471. The number of amides is 1. The summed E-state index contributed by atoms with van der Waals surface area (Å²) < 4.78 is 5.13. The van der Waals surface area contributed by atoms with Crippen LogP contribution in [0.3, 0.4) is 0 Å². The standard InChI is InChI=1S/C17H21N3O2S/c1-3-15-18-19-16(23-15)12-8-10-20(11-9-12)17(21)13-4-6-14(22-2)7-5-13/h4-7,12H,3,8-11H2,1-2H3. The highest BCUT2D eigenvalue weighted by molar-refractivity contribution is 7.11. The van der Waals surface area contributed by atoms with E-state index in [9.17, 15) is 4.79 Å². The van der Waals surface area contributed by atoms with Crippen LogP contribution in [-0.4, -0.2) is 41.2 Å². The van der Waals surface area contributed by atoms with Gasteiger partial charge in [-0.3, -0.25) is 4.79 Å². The number of carbonyl (C=O) groups is 1. The van der Waals surface area contributed by atoms with E-state index in [1.807, 2.05) is 29.2 Å². The van der Waals surface area contributed by atoms with Gasteiger partial charge in [0.1, 0.15) is 15.8 Å². The van der Waals surface area contributed by atoms with Gasteiger partial charge in [0.25, 0.3) is 5.91 Å². The first-order valence-corrected chi connectivity index (χ1v) is 8.78. The normalized spacial score (nSPS) is 15.7. The second-order valence-corrected chi connectivity index (χ2v) is 6.78. The molecule has 122 valence electrons. The molecule has 1 amide bonds. The van der Waals surface area contributed by atoms with E-state index in [0.29, 0.717) is 11.5 Å². The third-order valence-corrected chi connectivity index (χ3v) is 5.48. The van der Waals surface area contributed by atoms with Gasteiger partial charge in [0, 0.05) is 24.6 Å². The molecule has 1 aliphatic rings. The number of piperidine rings is 1. The molecule has 1 aromatic carbocycles. The minimum absolute atomic E-state index is 0.0950. The van der Waals surface area contributed by atoms with Crippen LogP contribution in [0.4, 0.5) is 0 Å². The van der Waals surface area contributed by atoms with Crippen LogP contribution in [0.1, 0.15) is 46.1 Å². The van der Waals surface area contributed by atoms with Crippen LogP contribution in [0.15, 0.2) is 24.3 Å². The van der Waals surface area contributed by atoms with Crippen LogP contribution in [-0.2, 0) is 6.42 Å². The maximum Gasteiger partial charge on any atom is 0.253 e. The molecule has 0 spiro atoms. The zero-order valence-electron chi connectivity index (χ0n) is 13.5. The quantitative estimate of drug-likeness (QED) is 0.864. The zero-order chi connectivity index (χ0) is 16.2. The number of aromatic nitrogens is 2. The van der Waals surface area contributed by atoms with Crippen molar-refractivity contribution in [2.45, 2.75) is 32.1 Å². The van der Waals surface area contributed by atoms with Gasteiger partial charge in [-0.15, -0.1) is 21.5 Å². The summed E-state index contributed by atoms with van der Waals surface area (Å²) in [6.07, 6.45) is 2.85. The van der Waals surface area contributed by atoms with E-state index in [1.165, 1.54) is 0 Å². The molecule has 0 N–H and O–H groups in total. The minimum atomic E-state index is 0.0950. The van der Waals surface area contributed by atoms with E-state index < -0.39 is 0 Å². The number of carbonyl (C=O) groups excluding carboxylic acids is 1. The number of nitrogens with zero attached hydrogens (tertiary/aromatic N) is 3. The van der Waals surface area contributed by atoms with Crippen molar-refractivity contribution in [3.8, 4) is 5.75 Å². The van der Waals surface area contributed by atoms with Crippen molar-refractivity contribution in [2.75, 3.05) is 20.2 Å². The van der Waals surface area contributed by atoms with Crippen molar-refractivity contribution in [1.29, 1.82) is 0 Å². The van der Waals surface area contributed by atoms with Crippen LogP contribution in [0, 0.1) is 0 Å². The Hall–Kier alpha value is -1.95. The number of benzene rings is 1. The second kappa shape index (κ2) is 7.08. The summed E-state index contributed by atoms with van der Waals surface area (Å²) in [7, 11) is 1.62. The molecule has 1 saturated heterocycles. The van der Waals surface area contributed by atoms with E-state index in [2.05, 4.69) is 17.1 Å². The monoisotopic (exact) mass is 331 g/mol. The molecular formula is C17H21N3O2S. The molecule has 0 unspecified atom stereocenters. The highest BCUT2D eigenvalue weighted by Crippen LogP contribution is 2.30. The van der Waals surface area contributed by atoms with Crippen molar-refractivity contribution in [3.05, 3.63) is 39.8 Å². The molecule has 1 aromatic heterocycles. The number of ether oxygens (including phenoxy) is 1. The molecule has 2 heterocycles. The van der Waals surface area contributed by atoms with Crippen molar-refractivity contribution in [2.24, 2.45) is 0 Å². The molecule has 0 saturated carbocycles. The molecule has 1 aliphatic heterocycles. The molecule has 6 heteroatoms. The third-order valence-electron chi connectivity index (χ3n) is 4.25. The Morgan fingerprint density at radius 3 is 2.52 bits per heavy atom. The summed E-state index contributed by atoms with van der Waals surface area (Å²) >= 11 is 1.71. The summed E-state index contributed by atoms with van der Waals surface area (Å²) in [5.41, 5.74) is 0.716. The lowest BCUT2D eigenvalue weighted by molar-refractivity contribution is 0.0713. The summed E-state index contributed by atoms with van der Waals surface area (Å²) in [4.78, 5) is 14.5. The SMILES string of the molecule is CCc1nnc(C2CCN(C(=O)c3ccc(OC)cc3)CC2)s1.